The lowest BCUT2D eigenvalue weighted by atomic mass is 9.84. The second-order valence-corrected chi connectivity index (χ2v) is 8.95. The zero-order valence-corrected chi connectivity index (χ0v) is 20.3. The Labute approximate surface area is 212 Å². The number of para-hydroxylation sites is 1. The number of phenols is 1. The van der Waals surface area contributed by atoms with Gasteiger partial charge in [0.1, 0.15) is 35.6 Å². The molecule has 0 unspecified atom stereocenters. The number of hydrogen-bond donors (Lipinski definition) is 3. The normalized spacial score (nSPS) is 16.9. The minimum Gasteiger partial charge on any atom is -0.507 e. The molecule has 1 aliphatic heterocycles. The van der Waals surface area contributed by atoms with Gasteiger partial charge in [-0.1, -0.05) is 23.8 Å². The van der Waals surface area contributed by atoms with E-state index in [-0.39, 0.29) is 23.8 Å². The highest BCUT2D eigenvalue weighted by Gasteiger charge is 2.42. The van der Waals surface area contributed by atoms with E-state index in [0.717, 1.165) is 17.7 Å². The summed E-state index contributed by atoms with van der Waals surface area (Å²) in [6, 6.07) is 9.20. The largest absolute Gasteiger partial charge is 0.507 e. The maximum absolute atomic E-state index is 14.8. The lowest BCUT2D eigenvalue weighted by molar-refractivity contribution is -0.116. The van der Waals surface area contributed by atoms with Gasteiger partial charge >= 0.3 is 0 Å². The molecule has 4 rings (SSSR count). The molecular weight excluding hydrogens is 482 g/mol. The summed E-state index contributed by atoms with van der Waals surface area (Å²) in [6.45, 7) is 2.75. The van der Waals surface area contributed by atoms with Gasteiger partial charge in [-0.15, -0.1) is 0 Å². The van der Waals surface area contributed by atoms with Crippen LogP contribution in [-0.2, 0) is 16.9 Å². The van der Waals surface area contributed by atoms with E-state index in [4.69, 9.17) is 0 Å². The highest BCUT2D eigenvalue weighted by atomic mass is 19.1. The number of carbonyl (C=O) groups excluding carboxylic acids is 1. The average Bonchev–Trinajstić information content (AvgIpc) is 3.38. The maximum atomic E-state index is 14.8. The van der Waals surface area contributed by atoms with E-state index in [1.165, 1.54) is 41.8 Å². The molecule has 0 saturated carbocycles. The summed E-state index contributed by atoms with van der Waals surface area (Å²) in [5.41, 5.74) is 2.06. The third-order valence-electron chi connectivity index (χ3n) is 6.60. The Hall–Kier alpha value is -3.96. The van der Waals surface area contributed by atoms with Crippen molar-refractivity contribution in [1.82, 2.24) is 25.1 Å². The van der Waals surface area contributed by atoms with E-state index >= 15 is 0 Å². The number of aromatic nitrogens is 3. The summed E-state index contributed by atoms with van der Waals surface area (Å²) in [5.74, 6) is -1.90. The molecule has 9 nitrogen and oxygen atoms in total. The van der Waals surface area contributed by atoms with Crippen LogP contribution in [-0.4, -0.2) is 61.1 Å². The van der Waals surface area contributed by atoms with Crippen LogP contribution in [0, 0.1) is 11.6 Å². The van der Waals surface area contributed by atoms with Gasteiger partial charge in [-0.05, 0) is 38.0 Å². The first-order valence-corrected chi connectivity index (χ1v) is 11.8. The van der Waals surface area contributed by atoms with Crippen LogP contribution in [0.2, 0.25) is 0 Å². The molecule has 0 radical (unpaired) electrons. The molecule has 2 atom stereocenters. The molecule has 37 heavy (non-hydrogen) atoms. The van der Waals surface area contributed by atoms with Crippen LogP contribution in [0.5, 0.6) is 5.75 Å². The van der Waals surface area contributed by atoms with Gasteiger partial charge in [0.25, 0.3) is 5.91 Å². The molecular formula is C26H28F2N6O3. The predicted molar refractivity (Wildman–Crippen MR) is 132 cm³/mol. The fraction of sp³-hybridized carbons (Fsp3) is 0.308. The Morgan fingerprint density at radius 1 is 1.24 bits per heavy atom. The molecule has 0 bridgehead atoms. The first-order valence-electron chi connectivity index (χ1n) is 11.8. The van der Waals surface area contributed by atoms with Crippen molar-refractivity contribution in [3.63, 3.8) is 0 Å². The topological polar surface area (TPSA) is 116 Å². The molecule has 194 valence electrons. The zero-order valence-electron chi connectivity index (χ0n) is 20.3. The molecule has 3 N–H and O–H groups in total. The van der Waals surface area contributed by atoms with Crippen molar-refractivity contribution >= 4 is 12.1 Å². The highest BCUT2D eigenvalue weighted by Crippen LogP contribution is 2.34. The van der Waals surface area contributed by atoms with Crippen molar-refractivity contribution in [2.75, 3.05) is 13.1 Å². The van der Waals surface area contributed by atoms with Crippen molar-refractivity contribution in [1.29, 1.82) is 0 Å². The quantitative estimate of drug-likeness (QED) is 0.244. The van der Waals surface area contributed by atoms with Gasteiger partial charge in [0.05, 0.1) is 12.8 Å². The molecule has 3 aromatic rings. The summed E-state index contributed by atoms with van der Waals surface area (Å²) >= 11 is 0. The summed E-state index contributed by atoms with van der Waals surface area (Å²) in [6.07, 6.45) is 6.72. The number of halogens is 2. The minimum absolute atomic E-state index is 0.0278. The molecule has 0 aliphatic carbocycles. The Kier molecular flexibility index (Phi) is 8.04. The Morgan fingerprint density at radius 3 is 2.68 bits per heavy atom. The minimum atomic E-state index is -1.72. The third kappa shape index (κ3) is 6.25. The smallest absolute Gasteiger partial charge is 0.264 e. The summed E-state index contributed by atoms with van der Waals surface area (Å²) in [5, 5.41) is 29.4. The highest BCUT2D eigenvalue weighted by molar-refractivity contribution is 5.90. The third-order valence-corrected chi connectivity index (χ3v) is 6.60. The van der Waals surface area contributed by atoms with Gasteiger partial charge in [0.15, 0.2) is 0 Å². The number of nitrogens with zero attached hydrogens (tertiary/aromatic N) is 5. The first-order chi connectivity index (χ1) is 17.8. The lowest BCUT2D eigenvalue weighted by Gasteiger charge is -2.43. The second-order valence-electron chi connectivity index (χ2n) is 8.95. The predicted octanol–water partition coefficient (Wildman–Crippen LogP) is 2.71. The monoisotopic (exact) mass is 510 g/mol. The standard InChI is InChI=1S/C26H28F2N6O3/c1-18(26(37,15-34-17-29-16-31-34)22-7-6-21(27)13-23(22)28)33-10-8-19(9-11-33)12-25(36)32-30-14-20-4-2-3-5-24(20)35/h2-7,12-14,16-18,35,37H,8-11,15H2,1H3,(H,32,36)/t18-,26-/m1/s1. The molecule has 1 aliphatic rings. The fourth-order valence-corrected chi connectivity index (χ4v) is 4.47. The first kappa shape index (κ1) is 26.1. The van der Waals surface area contributed by atoms with E-state index in [0.29, 0.717) is 31.5 Å². The van der Waals surface area contributed by atoms with Gasteiger partial charge in [0, 0.05) is 42.4 Å². The van der Waals surface area contributed by atoms with Gasteiger partial charge in [0.2, 0.25) is 0 Å². The Balaban J connectivity index is 1.42. The van der Waals surface area contributed by atoms with Crippen molar-refractivity contribution in [2.45, 2.75) is 38.0 Å². The van der Waals surface area contributed by atoms with Gasteiger partial charge in [-0.25, -0.2) is 23.9 Å². The van der Waals surface area contributed by atoms with Crippen LogP contribution < -0.4 is 5.43 Å². The van der Waals surface area contributed by atoms with Crippen molar-refractivity contribution in [2.24, 2.45) is 5.10 Å². The molecule has 1 saturated heterocycles. The van der Waals surface area contributed by atoms with Crippen molar-refractivity contribution in [3.8, 4) is 5.75 Å². The number of carbonyl (C=O) groups is 1. The zero-order chi connectivity index (χ0) is 26.4. The van der Waals surface area contributed by atoms with E-state index in [2.05, 4.69) is 20.6 Å². The van der Waals surface area contributed by atoms with E-state index < -0.39 is 23.3 Å². The van der Waals surface area contributed by atoms with E-state index in [1.807, 2.05) is 4.90 Å². The molecule has 1 fully saturated rings. The fourth-order valence-electron chi connectivity index (χ4n) is 4.47. The second kappa shape index (κ2) is 11.4. The number of hydrogen-bond acceptors (Lipinski definition) is 7. The average molecular weight is 511 g/mol. The summed E-state index contributed by atoms with van der Waals surface area (Å²) in [4.78, 5) is 18.2. The number of nitrogens with one attached hydrogen (secondary N) is 1. The number of phenolic OH excluding ortho intramolecular Hbond substituents is 1. The summed E-state index contributed by atoms with van der Waals surface area (Å²) in [7, 11) is 0. The van der Waals surface area contributed by atoms with Crippen LogP contribution in [0.3, 0.4) is 0 Å². The van der Waals surface area contributed by atoms with E-state index in [9.17, 15) is 23.8 Å². The Morgan fingerprint density at radius 2 is 2.00 bits per heavy atom. The number of likely N-dealkylation sites (tertiary alicyclic amines) is 1. The molecule has 11 heteroatoms. The molecule has 2 heterocycles. The number of amides is 1. The lowest BCUT2D eigenvalue weighted by Crippen LogP contribution is -2.53. The molecule has 1 amide bonds. The SMILES string of the molecule is C[C@@H](N1CCC(=CC(=O)NN=Cc2ccccc2O)CC1)[C@](O)(Cn1cncn1)c1ccc(F)cc1F. The number of aliphatic hydroxyl groups is 1. The van der Waals surface area contributed by atoms with Gasteiger partial charge in [-0.3, -0.25) is 9.69 Å². The molecule has 0 spiro atoms. The number of piperidine rings is 1. The van der Waals surface area contributed by atoms with Gasteiger partial charge < -0.3 is 10.2 Å². The van der Waals surface area contributed by atoms with Gasteiger partial charge in [-0.2, -0.15) is 10.2 Å². The van der Waals surface area contributed by atoms with Crippen LogP contribution in [0.15, 0.2) is 71.9 Å². The number of aromatic hydroxyl groups is 1. The van der Waals surface area contributed by atoms with E-state index in [1.54, 1.807) is 25.1 Å². The van der Waals surface area contributed by atoms with Crippen molar-refractivity contribution in [3.05, 3.63) is 89.5 Å². The maximum Gasteiger partial charge on any atom is 0.264 e. The summed E-state index contributed by atoms with van der Waals surface area (Å²) < 4.78 is 29.8. The van der Waals surface area contributed by atoms with Crippen molar-refractivity contribution < 1.29 is 23.8 Å². The Bertz CT molecular complexity index is 1290. The van der Waals surface area contributed by atoms with Crippen LogP contribution in [0.25, 0.3) is 0 Å². The number of benzene rings is 2. The molecule has 2 aromatic carbocycles. The van der Waals surface area contributed by atoms with Crippen LogP contribution >= 0.6 is 0 Å². The molecule has 1 aromatic heterocycles. The van der Waals surface area contributed by atoms with Crippen LogP contribution in [0.1, 0.15) is 30.9 Å². The number of hydrazone groups is 1. The number of rotatable bonds is 8. The van der Waals surface area contributed by atoms with Crippen LogP contribution in [0.4, 0.5) is 8.78 Å².